The third kappa shape index (κ3) is 5.04. The first-order valence-corrected chi connectivity index (χ1v) is 12.7. The van der Waals surface area contributed by atoms with Crippen LogP contribution in [0.2, 0.25) is 0 Å². The van der Waals surface area contributed by atoms with Crippen LogP contribution >= 0.6 is 0 Å². The second-order valence-corrected chi connectivity index (χ2v) is 9.88. The van der Waals surface area contributed by atoms with Gasteiger partial charge in [-0.1, -0.05) is 6.07 Å². The number of piperazine rings is 1. The van der Waals surface area contributed by atoms with E-state index in [2.05, 4.69) is 15.0 Å². The number of alkyl halides is 3. The zero-order valence-electron chi connectivity index (χ0n) is 22.2. The number of hydrogen-bond donors (Lipinski definition) is 1. The Bertz CT molecular complexity index is 1630. The molecule has 40 heavy (non-hydrogen) atoms. The van der Waals surface area contributed by atoms with E-state index in [1.165, 1.54) is 22.5 Å². The molecule has 13 heteroatoms. The summed E-state index contributed by atoms with van der Waals surface area (Å²) >= 11 is 0. The Morgan fingerprint density at radius 3 is 2.48 bits per heavy atom. The van der Waals surface area contributed by atoms with Crippen molar-refractivity contribution in [3.63, 3.8) is 0 Å². The maximum Gasteiger partial charge on any atom is 0.418 e. The predicted octanol–water partition coefficient (Wildman–Crippen LogP) is 2.60. The summed E-state index contributed by atoms with van der Waals surface area (Å²) in [6.07, 6.45) is -1.29. The van der Waals surface area contributed by atoms with Crippen molar-refractivity contribution in [1.29, 1.82) is 0 Å². The third-order valence-corrected chi connectivity index (χ3v) is 7.22. The molecule has 1 saturated heterocycles. The molecule has 1 aliphatic heterocycles. The van der Waals surface area contributed by atoms with Gasteiger partial charge in [0.2, 0.25) is 11.9 Å². The van der Waals surface area contributed by atoms with Crippen molar-refractivity contribution in [2.45, 2.75) is 32.6 Å². The van der Waals surface area contributed by atoms with Gasteiger partial charge in [-0.15, -0.1) is 0 Å². The van der Waals surface area contributed by atoms with E-state index in [9.17, 15) is 22.8 Å². The van der Waals surface area contributed by atoms with E-state index in [1.807, 2.05) is 11.8 Å². The molecule has 0 radical (unpaired) electrons. The summed E-state index contributed by atoms with van der Waals surface area (Å²) in [4.78, 5) is 41.5. The fourth-order valence-electron chi connectivity index (χ4n) is 5.11. The van der Waals surface area contributed by atoms with Gasteiger partial charge in [-0.25, -0.2) is 9.97 Å². The number of aliphatic hydroxyl groups is 1. The number of carbonyl (C=O) groups excluding carboxylic acids is 1. The number of aliphatic hydroxyl groups excluding tert-OH is 1. The Hall–Kier alpha value is -4.26. The quantitative estimate of drug-likeness (QED) is 0.403. The van der Waals surface area contributed by atoms with Gasteiger partial charge < -0.3 is 14.9 Å². The van der Waals surface area contributed by atoms with Gasteiger partial charge in [-0.05, 0) is 43.7 Å². The van der Waals surface area contributed by atoms with Crippen LogP contribution in [0.25, 0.3) is 22.0 Å². The topological polar surface area (TPSA) is 109 Å². The zero-order chi connectivity index (χ0) is 28.8. The Labute approximate surface area is 227 Å². The van der Waals surface area contributed by atoms with Crippen LogP contribution in [0.4, 0.5) is 19.1 Å². The summed E-state index contributed by atoms with van der Waals surface area (Å²) in [6.45, 7) is 4.22. The molecule has 10 nitrogen and oxygen atoms in total. The minimum Gasteiger partial charge on any atom is -0.387 e. The van der Waals surface area contributed by atoms with Gasteiger partial charge >= 0.3 is 6.18 Å². The van der Waals surface area contributed by atoms with E-state index in [0.29, 0.717) is 53.3 Å². The average Bonchev–Trinajstić information content (AvgIpc) is 3.16. The Kier molecular flexibility index (Phi) is 7.08. The maximum atomic E-state index is 13.7. The Morgan fingerprint density at radius 1 is 1.10 bits per heavy atom. The normalized spacial score (nSPS) is 16.1. The van der Waals surface area contributed by atoms with Gasteiger partial charge in [0, 0.05) is 56.4 Å². The van der Waals surface area contributed by atoms with E-state index in [-0.39, 0.29) is 29.7 Å². The molecule has 1 aromatic carbocycles. The molecule has 1 atom stereocenters. The number of aryl methyl sites for hydroxylation is 1. The van der Waals surface area contributed by atoms with E-state index in [1.54, 1.807) is 42.4 Å². The van der Waals surface area contributed by atoms with Crippen LogP contribution in [-0.4, -0.2) is 72.5 Å². The average molecular weight is 556 g/mol. The van der Waals surface area contributed by atoms with Crippen molar-refractivity contribution in [1.82, 2.24) is 29.2 Å². The number of amides is 1. The Balaban J connectivity index is 1.45. The van der Waals surface area contributed by atoms with Crippen LogP contribution in [-0.2, 0) is 24.6 Å². The van der Waals surface area contributed by atoms with Crippen molar-refractivity contribution >= 4 is 22.8 Å². The van der Waals surface area contributed by atoms with Crippen LogP contribution < -0.4 is 10.5 Å². The van der Waals surface area contributed by atoms with Gasteiger partial charge in [0.05, 0.1) is 28.7 Å². The highest BCUT2D eigenvalue weighted by molar-refractivity contribution is 5.84. The molecule has 1 amide bonds. The lowest BCUT2D eigenvalue weighted by Crippen LogP contribution is -2.55. The zero-order valence-corrected chi connectivity index (χ0v) is 22.2. The van der Waals surface area contributed by atoms with Crippen LogP contribution in [0.5, 0.6) is 0 Å². The summed E-state index contributed by atoms with van der Waals surface area (Å²) in [5, 5.41) is 9.53. The Morgan fingerprint density at radius 2 is 1.82 bits per heavy atom. The number of nitrogens with zero attached hydrogens (tertiary/aromatic N) is 7. The smallest absolute Gasteiger partial charge is 0.387 e. The third-order valence-electron chi connectivity index (χ3n) is 7.22. The number of aromatic nitrogens is 5. The number of hydrogen-bond acceptors (Lipinski definition) is 7. The van der Waals surface area contributed by atoms with Gasteiger partial charge in [-0.2, -0.15) is 13.2 Å². The number of rotatable bonds is 5. The van der Waals surface area contributed by atoms with Crippen LogP contribution in [0.15, 0.2) is 47.5 Å². The van der Waals surface area contributed by atoms with Gasteiger partial charge in [0.1, 0.15) is 6.61 Å². The molecule has 0 spiro atoms. The highest BCUT2D eigenvalue weighted by atomic mass is 19.4. The molecule has 5 rings (SSSR count). The van der Waals surface area contributed by atoms with Crippen molar-refractivity contribution in [3.05, 3.63) is 70.0 Å². The lowest BCUT2D eigenvalue weighted by molar-refractivity contribution is -0.138. The SMILES string of the molecule is Cc1ccc(C(F)(F)F)c(Cn2c3cc(-c4cnc(N5CCN(C(=O)CO)[C@H](C)C5)nc4)ccc3c(=O)n2C)n1. The minimum absolute atomic E-state index is 0.116. The summed E-state index contributed by atoms with van der Waals surface area (Å²) in [6, 6.07) is 7.34. The molecule has 4 heterocycles. The van der Waals surface area contributed by atoms with Crippen LogP contribution in [0, 0.1) is 6.92 Å². The molecular weight excluding hydrogens is 527 g/mol. The highest BCUT2D eigenvalue weighted by Gasteiger charge is 2.34. The molecule has 210 valence electrons. The molecule has 4 aromatic rings. The van der Waals surface area contributed by atoms with Crippen LogP contribution in [0.3, 0.4) is 0 Å². The van der Waals surface area contributed by atoms with Gasteiger partial charge in [-0.3, -0.25) is 23.9 Å². The summed E-state index contributed by atoms with van der Waals surface area (Å²) in [5.74, 6) is 0.181. The lowest BCUT2D eigenvalue weighted by Gasteiger charge is -2.39. The summed E-state index contributed by atoms with van der Waals surface area (Å²) < 4.78 is 43.8. The molecule has 1 aliphatic rings. The second-order valence-electron chi connectivity index (χ2n) is 9.88. The number of benzene rings is 1. The molecule has 1 N–H and O–H groups in total. The number of fused-ring (bicyclic) bond motifs is 1. The van der Waals surface area contributed by atoms with Crippen LogP contribution in [0.1, 0.15) is 23.9 Å². The predicted molar refractivity (Wildman–Crippen MR) is 142 cm³/mol. The lowest BCUT2D eigenvalue weighted by atomic mass is 10.1. The van der Waals surface area contributed by atoms with Crippen molar-refractivity contribution in [2.75, 3.05) is 31.1 Å². The first kappa shape index (κ1) is 27.3. The number of anilines is 1. The van der Waals surface area contributed by atoms with Gasteiger partial charge in [0.15, 0.2) is 0 Å². The first-order chi connectivity index (χ1) is 19.0. The molecule has 0 bridgehead atoms. The maximum absolute atomic E-state index is 13.7. The van der Waals surface area contributed by atoms with Crippen molar-refractivity contribution in [2.24, 2.45) is 7.05 Å². The van der Waals surface area contributed by atoms with E-state index in [4.69, 9.17) is 5.11 Å². The van der Waals surface area contributed by atoms with E-state index < -0.39 is 18.3 Å². The highest BCUT2D eigenvalue weighted by Crippen LogP contribution is 2.32. The number of halogens is 3. The first-order valence-electron chi connectivity index (χ1n) is 12.7. The largest absolute Gasteiger partial charge is 0.418 e. The van der Waals surface area contributed by atoms with Crippen molar-refractivity contribution < 1.29 is 23.1 Å². The number of pyridine rings is 1. The molecule has 0 unspecified atom stereocenters. The molecule has 1 fully saturated rings. The molecular formula is C27H28F3N7O3. The monoisotopic (exact) mass is 555 g/mol. The summed E-state index contributed by atoms with van der Waals surface area (Å²) in [5.41, 5.74) is 0.916. The minimum atomic E-state index is -4.58. The fraction of sp³-hybridized carbons (Fsp3) is 0.370. The molecule has 3 aromatic heterocycles. The fourth-order valence-corrected chi connectivity index (χ4v) is 5.11. The standard InChI is InChI=1S/C27H28F3N7O3/c1-16-4-7-21(27(28,29)30)22(33-16)14-37-23-10-18(5-6-20(23)25(40)34(37)3)19-11-31-26(32-12-19)35-8-9-36(17(2)13-35)24(39)15-38/h4-7,10-12,17,38H,8-9,13-15H2,1-3H3/t17-/m1/s1. The van der Waals surface area contributed by atoms with Gasteiger partial charge in [0.25, 0.3) is 5.56 Å². The number of carbonyl (C=O) groups is 1. The second kappa shape index (κ2) is 10.4. The van der Waals surface area contributed by atoms with Crippen molar-refractivity contribution in [3.8, 4) is 11.1 Å². The summed E-state index contributed by atoms with van der Waals surface area (Å²) in [7, 11) is 1.51. The van der Waals surface area contributed by atoms with E-state index in [0.717, 1.165) is 6.07 Å². The van der Waals surface area contributed by atoms with E-state index >= 15 is 0 Å². The molecule has 0 aliphatic carbocycles. The molecule has 0 saturated carbocycles.